The fraction of sp³-hybridized carbons (Fsp3) is 0. The van der Waals surface area contributed by atoms with E-state index in [0.29, 0.717) is 10.4 Å². The van der Waals surface area contributed by atoms with Gasteiger partial charge in [0.2, 0.25) is 5.78 Å². The highest BCUT2D eigenvalue weighted by Crippen LogP contribution is 2.08. The summed E-state index contributed by atoms with van der Waals surface area (Å²) in [5.41, 5.74) is 5.25. The SMILES string of the molecule is Nc1cnc2[nH]cc(Br)n2c1=O. The molecule has 2 aromatic heterocycles. The van der Waals surface area contributed by atoms with Crippen LogP contribution in [0.5, 0.6) is 0 Å². The molecule has 0 fully saturated rings. The Morgan fingerprint density at radius 2 is 2.42 bits per heavy atom. The number of aromatic nitrogens is 3. The summed E-state index contributed by atoms with van der Waals surface area (Å²) in [6.07, 6.45) is 2.96. The van der Waals surface area contributed by atoms with Gasteiger partial charge in [0.05, 0.1) is 6.20 Å². The number of anilines is 1. The molecule has 0 amide bonds. The van der Waals surface area contributed by atoms with Gasteiger partial charge in [-0.15, -0.1) is 0 Å². The summed E-state index contributed by atoms with van der Waals surface area (Å²) < 4.78 is 1.97. The van der Waals surface area contributed by atoms with E-state index in [1.807, 2.05) is 0 Å². The number of hydrogen-bond donors (Lipinski definition) is 2. The quantitative estimate of drug-likeness (QED) is 0.685. The summed E-state index contributed by atoms with van der Waals surface area (Å²) in [4.78, 5) is 18.1. The van der Waals surface area contributed by atoms with E-state index < -0.39 is 0 Å². The van der Waals surface area contributed by atoms with E-state index in [0.717, 1.165) is 0 Å². The normalized spacial score (nSPS) is 10.8. The molecule has 0 spiro atoms. The molecule has 0 atom stereocenters. The topological polar surface area (TPSA) is 76.2 Å². The molecule has 0 aliphatic carbocycles. The van der Waals surface area contributed by atoms with Crippen molar-refractivity contribution in [1.29, 1.82) is 0 Å². The minimum atomic E-state index is -0.270. The second kappa shape index (κ2) is 2.34. The maximum atomic E-state index is 11.4. The van der Waals surface area contributed by atoms with Crippen molar-refractivity contribution >= 4 is 27.4 Å². The molecule has 0 bridgehead atoms. The molecule has 0 saturated carbocycles. The van der Waals surface area contributed by atoms with Gasteiger partial charge < -0.3 is 10.7 Å². The molecule has 0 aliphatic rings. The second-order valence-electron chi connectivity index (χ2n) is 2.29. The van der Waals surface area contributed by atoms with Gasteiger partial charge in [0, 0.05) is 6.20 Å². The summed E-state index contributed by atoms with van der Waals surface area (Å²) >= 11 is 3.19. The number of nitrogens with zero attached hydrogens (tertiary/aromatic N) is 2. The number of rotatable bonds is 0. The zero-order chi connectivity index (χ0) is 8.72. The van der Waals surface area contributed by atoms with Crippen LogP contribution in [0.25, 0.3) is 5.78 Å². The Balaban J connectivity index is 3.06. The van der Waals surface area contributed by atoms with E-state index in [1.54, 1.807) is 6.20 Å². The predicted octanol–water partition coefficient (Wildman–Crippen LogP) is 0.367. The molecule has 0 saturated heterocycles. The van der Waals surface area contributed by atoms with Gasteiger partial charge in [-0.1, -0.05) is 0 Å². The van der Waals surface area contributed by atoms with Crippen LogP contribution >= 0.6 is 15.9 Å². The van der Waals surface area contributed by atoms with Gasteiger partial charge in [0.25, 0.3) is 5.56 Å². The van der Waals surface area contributed by atoms with Gasteiger partial charge in [-0.25, -0.2) is 9.38 Å². The fourth-order valence-corrected chi connectivity index (χ4v) is 1.40. The number of nitrogen functional groups attached to an aromatic ring is 1. The zero-order valence-corrected chi connectivity index (χ0v) is 7.50. The molecule has 2 rings (SSSR count). The molecule has 0 unspecified atom stereocenters. The molecule has 0 radical (unpaired) electrons. The lowest BCUT2D eigenvalue weighted by Gasteiger charge is -1.94. The average Bonchev–Trinajstić information content (AvgIpc) is 2.41. The highest BCUT2D eigenvalue weighted by Gasteiger charge is 2.04. The first-order valence-corrected chi connectivity index (χ1v) is 3.99. The highest BCUT2D eigenvalue weighted by atomic mass is 79.9. The van der Waals surface area contributed by atoms with Crippen LogP contribution in [0.1, 0.15) is 0 Å². The van der Waals surface area contributed by atoms with Crippen LogP contribution in [0.15, 0.2) is 21.8 Å². The Kier molecular flexibility index (Phi) is 1.44. The fourth-order valence-electron chi connectivity index (χ4n) is 0.958. The van der Waals surface area contributed by atoms with E-state index in [-0.39, 0.29) is 11.2 Å². The minimum absolute atomic E-state index is 0.132. The van der Waals surface area contributed by atoms with Gasteiger partial charge in [0.15, 0.2) is 0 Å². The van der Waals surface area contributed by atoms with Crippen LogP contribution < -0.4 is 11.3 Å². The number of H-pyrrole nitrogens is 1. The number of hydrogen-bond acceptors (Lipinski definition) is 3. The maximum absolute atomic E-state index is 11.4. The predicted molar refractivity (Wildman–Crippen MR) is 47.9 cm³/mol. The van der Waals surface area contributed by atoms with Gasteiger partial charge in [-0.05, 0) is 15.9 Å². The van der Waals surface area contributed by atoms with Crippen LogP contribution in [-0.2, 0) is 0 Å². The number of aromatic amines is 1. The maximum Gasteiger partial charge on any atom is 0.283 e. The Bertz CT molecular complexity index is 486. The first kappa shape index (κ1) is 7.35. The van der Waals surface area contributed by atoms with Crippen molar-refractivity contribution in [3.8, 4) is 0 Å². The van der Waals surface area contributed by atoms with Gasteiger partial charge >= 0.3 is 0 Å². The van der Waals surface area contributed by atoms with E-state index in [4.69, 9.17) is 5.73 Å². The van der Waals surface area contributed by atoms with Gasteiger partial charge in [-0.3, -0.25) is 4.79 Å². The molecule has 2 heterocycles. The van der Waals surface area contributed by atoms with Crippen molar-refractivity contribution in [2.75, 3.05) is 5.73 Å². The molecule has 12 heavy (non-hydrogen) atoms. The third-order valence-electron chi connectivity index (χ3n) is 1.52. The van der Waals surface area contributed by atoms with E-state index in [2.05, 4.69) is 25.9 Å². The zero-order valence-electron chi connectivity index (χ0n) is 5.91. The van der Waals surface area contributed by atoms with Crippen LogP contribution in [0.2, 0.25) is 0 Å². The van der Waals surface area contributed by atoms with Crippen LogP contribution in [0, 0.1) is 0 Å². The van der Waals surface area contributed by atoms with Crippen molar-refractivity contribution in [3.05, 3.63) is 27.4 Å². The van der Waals surface area contributed by atoms with E-state index in [1.165, 1.54) is 10.6 Å². The summed E-state index contributed by atoms with van der Waals surface area (Å²) in [5, 5.41) is 0. The number of fused-ring (bicyclic) bond motifs is 1. The van der Waals surface area contributed by atoms with Crippen molar-refractivity contribution < 1.29 is 0 Å². The average molecular weight is 229 g/mol. The third kappa shape index (κ3) is 0.845. The molecule has 5 nitrogen and oxygen atoms in total. The number of halogens is 1. The first-order chi connectivity index (χ1) is 5.70. The van der Waals surface area contributed by atoms with Gasteiger partial charge in [0.1, 0.15) is 10.3 Å². The molecule has 0 aliphatic heterocycles. The molecule has 0 aromatic carbocycles. The van der Waals surface area contributed by atoms with Crippen LogP contribution in [-0.4, -0.2) is 14.4 Å². The number of nitrogens with two attached hydrogens (primary N) is 1. The van der Waals surface area contributed by atoms with Gasteiger partial charge in [-0.2, -0.15) is 0 Å². The summed E-state index contributed by atoms with van der Waals surface area (Å²) in [5.74, 6) is 0.473. The van der Waals surface area contributed by atoms with Crippen LogP contribution in [0.3, 0.4) is 0 Å². The third-order valence-corrected chi connectivity index (χ3v) is 2.11. The van der Waals surface area contributed by atoms with Crippen molar-refractivity contribution in [3.63, 3.8) is 0 Å². The van der Waals surface area contributed by atoms with Crippen LogP contribution in [0.4, 0.5) is 5.69 Å². The Labute approximate surface area is 75.4 Å². The lowest BCUT2D eigenvalue weighted by molar-refractivity contribution is 1.04. The number of imidazole rings is 1. The van der Waals surface area contributed by atoms with Crippen molar-refractivity contribution in [1.82, 2.24) is 14.4 Å². The molecule has 62 valence electrons. The summed E-state index contributed by atoms with van der Waals surface area (Å²) in [6, 6.07) is 0. The minimum Gasteiger partial charge on any atom is -0.393 e. The lowest BCUT2D eigenvalue weighted by atomic mass is 10.5. The first-order valence-electron chi connectivity index (χ1n) is 3.20. The van der Waals surface area contributed by atoms with Crippen molar-refractivity contribution in [2.24, 2.45) is 0 Å². The van der Waals surface area contributed by atoms with E-state index >= 15 is 0 Å². The van der Waals surface area contributed by atoms with Crippen molar-refractivity contribution in [2.45, 2.75) is 0 Å². The largest absolute Gasteiger partial charge is 0.393 e. The Hall–Kier alpha value is -1.30. The molecular formula is C6H5BrN4O. The second-order valence-corrected chi connectivity index (χ2v) is 3.10. The summed E-state index contributed by atoms with van der Waals surface area (Å²) in [6.45, 7) is 0. The monoisotopic (exact) mass is 228 g/mol. The van der Waals surface area contributed by atoms with E-state index in [9.17, 15) is 4.79 Å². The molecular weight excluding hydrogens is 224 g/mol. The lowest BCUT2D eigenvalue weighted by Crippen LogP contribution is -2.17. The summed E-state index contributed by atoms with van der Waals surface area (Å²) in [7, 11) is 0. The Morgan fingerprint density at radius 3 is 3.17 bits per heavy atom. The number of nitrogens with one attached hydrogen (secondary N) is 1. The smallest absolute Gasteiger partial charge is 0.283 e. The Morgan fingerprint density at radius 1 is 1.67 bits per heavy atom. The molecule has 2 aromatic rings. The highest BCUT2D eigenvalue weighted by molar-refractivity contribution is 9.10. The molecule has 3 N–H and O–H groups in total. The molecule has 6 heteroatoms. The standard InChI is InChI=1S/C6H5BrN4O/c7-4-2-10-6-9-1-3(8)5(12)11(4)6/h1-2H,8H2,(H,9,10).